The van der Waals surface area contributed by atoms with E-state index in [1.54, 1.807) is 18.2 Å². The largest absolute Gasteiger partial charge is 0.495 e. The number of benzene rings is 2. The number of carbonyl (C=O) groups is 3. The normalized spacial score (nSPS) is 11.5. The maximum absolute atomic E-state index is 12.7. The summed E-state index contributed by atoms with van der Waals surface area (Å²) in [6, 6.07) is 10.6. The number of hydrazone groups is 1. The number of alkyl halides is 3. The van der Waals surface area contributed by atoms with Gasteiger partial charge in [-0.25, -0.2) is 5.43 Å². The van der Waals surface area contributed by atoms with Crippen molar-refractivity contribution in [1.82, 2.24) is 5.43 Å². The van der Waals surface area contributed by atoms with Crippen LogP contribution in [-0.4, -0.2) is 30.5 Å². The molecule has 0 saturated carbocycles. The van der Waals surface area contributed by atoms with Gasteiger partial charge in [-0.15, -0.1) is 0 Å². The Morgan fingerprint density at radius 2 is 1.71 bits per heavy atom. The number of nitrogens with one attached hydrogen (secondary N) is 3. The zero-order valence-electron chi connectivity index (χ0n) is 16.5. The molecule has 31 heavy (non-hydrogen) atoms. The van der Waals surface area contributed by atoms with Crippen LogP contribution in [0.15, 0.2) is 53.6 Å². The smallest absolute Gasteiger partial charge is 0.416 e. The van der Waals surface area contributed by atoms with Crippen LogP contribution in [0.4, 0.5) is 24.5 Å². The van der Waals surface area contributed by atoms with E-state index in [-0.39, 0.29) is 23.5 Å². The van der Waals surface area contributed by atoms with Gasteiger partial charge in [0.2, 0.25) is 5.91 Å². The number of rotatable bonds is 6. The number of nitrogens with zero attached hydrogens (tertiary/aromatic N) is 1. The predicted molar refractivity (Wildman–Crippen MR) is 108 cm³/mol. The summed E-state index contributed by atoms with van der Waals surface area (Å²) in [5, 5.41) is 8.33. The van der Waals surface area contributed by atoms with Crippen LogP contribution >= 0.6 is 0 Å². The molecule has 2 aromatic carbocycles. The molecule has 164 valence electrons. The molecular weight excluding hydrogens is 417 g/mol. The van der Waals surface area contributed by atoms with Crippen LogP contribution in [-0.2, 0) is 20.6 Å². The van der Waals surface area contributed by atoms with Crippen molar-refractivity contribution in [3.8, 4) is 5.75 Å². The van der Waals surface area contributed by atoms with E-state index in [0.29, 0.717) is 5.75 Å². The lowest BCUT2D eigenvalue weighted by Crippen LogP contribution is -2.33. The Bertz CT molecular complexity index is 1010. The van der Waals surface area contributed by atoms with Crippen molar-refractivity contribution >= 4 is 34.8 Å². The second-order valence-electron chi connectivity index (χ2n) is 6.25. The van der Waals surface area contributed by atoms with Crippen LogP contribution in [0.1, 0.15) is 18.9 Å². The molecule has 0 aliphatic rings. The van der Waals surface area contributed by atoms with Crippen LogP contribution in [0, 0.1) is 0 Å². The number of carbonyl (C=O) groups excluding carboxylic acids is 3. The Morgan fingerprint density at radius 3 is 2.39 bits per heavy atom. The third-order valence-corrected chi connectivity index (χ3v) is 3.80. The Hall–Kier alpha value is -3.89. The summed E-state index contributed by atoms with van der Waals surface area (Å²) in [4.78, 5) is 35.8. The fourth-order valence-electron chi connectivity index (χ4n) is 2.37. The third-order valence-electron chi connectivity index (χ3n) is 3.80. The van der Waals surface area contributed by atoms with E-state index < -0.39 is 29.5 Å². The highest BCUT2D eigenvalue weighted by Gasteiger charge is 2.30. The highest BCUT2D eigenvalue weighted by molar-refractivity contribution is 6.39. The molecule has 0 fully saturated rings. The first-order chi connectivity index (χ1) is 14.6. The molecule has 0 aromatic heterocycles. The Labute approximate surface area is 175 Å². The highest BCUT2D eigenvalue weighted by Crippen LogP contribution is 2.30. The standard InChI is InChI=1S/C20H19F3N4O4/c1-12(10-17(28)24-14-7-5-6-13(11-14)20(21,22)23)26-27-19(30)18(29)25-15-8-3-4-9-16(15)31-2/h3-9,11H,10H2,1-2H3,(H,24,28)(H,25,29)(H,27,30). The van der Waals surface area contributed by atoms with E-state index in [4.69, 9.17) is 4.74 Å². The van der Waals surface area contributed by atoms with Gasteiger partial charge in [0.05, 0.1) is 24.8 Å². The lowest BCUT2D eigenvalue weighted by molar-refractivity contribution is -0.137. The van der Waals surface area contributed by atoms with Gasteiger partial charge in [-0.05, 0) is 37.3 Å². The van der Waals surface area contributed by atoms with Gasteiger partial charge in [0.1, 0.15) is 5.75 Å². The van der Waals surface area contributed by atoms with Crippen molar-refractivity contribution in [2.45, 2.75) is 19.5 Å². The molecule has 0 unspecified atom stereocenters. The number of halogens is 3. The molecule has 3 N–H and O–H groups in total. The van der Waals surface area contributed by atoms with Gasteiger partial charge in [-0.3, -0.25) is 14.4 Å². The average molecular weight is 436 g/mol. The van der Waals surface area contributed by atoms with Crippen LogP contribution in [0.5, 0.6) is 5.75 Å². The number of para-hydroxylation sites is 2. The molecule has 0 spiro atoms. The molecular formula is C20H19F3N4O4. The van der Waals surface area contributed by atoms with Gasteiger partial charge in [-0.1, -0.05) is 18.2 Å². The van der Waals surface area contributed by atoms with Gasteiger partial charge in [0.25, 0.3) is 0 Å². The van der Waals surface area contributed by atoms with Crippen molar-refractivity contribution in [3.63, 3.8) is 0 Å². The van der Waals surface area contributed by atoms with Crippen molar-refractivity contribution in [3.05, 3.63) is 54.1 Å². The zero-order chi connectivity index (χ0) is 23.0. The molecule has 3 amide bonds. The summed E-state index contributed by atoms with van der Waals surface area (Å²) >= 11 is 0. The van der Waals surface area contributed by atoms with E-state index in [1.165, 1.54) is 32.2 Å². The summed E-state index contributed by atoms with van der Waals surface area (Å²) in [6.07, 6.45) is -4.85. The molecule has 0 saturated heterocycles. The van der Waals surface area contributed by atoms with E-state index in [9.17, 15) is 27.6 Å². The van der Waals surface area contributed by atoms with Gasteiger partial charge < -0.3 is 15.4 Å². The topological polar surface area (TPSA) is 109 Å². The highest BCUT2D eigenvalue weighted by atomic mass is 19.4. The van der Waals surface area contributed by atoms with Crippen LogP contribution in [0.2, 0.25) is 0 Å². The molecule has 0 radical (unpaired) electrons. The molecule has 0 aliphatic carbocycles. The van der Waals surface area contributed by atoms with Crippen molar-refractivity contribution in [2.24, 2.45) is 5.10 Å². The minimum atomic E-state index is -4.53. The van der Waals surface area contributed by atoms with E-state index in [2.05, 4.69) is 15.7 Å². The Morgan fingerprint density at radius 1 is 1.00 bits per heavy atom. The van der Waals surface area contributed by atoms with E-state index in [1.807, 2.05) is 5.43 Å². The summed E-state index contributed by atoms with van der Waals surface area (Å²) in [5.74, 6) is -2.37. The fourth-order valence-corrected chi connectivity index (χ4v) is 2.37. The Balaban J connectivity index is 1.89. The van der Waals surface area contributed by atoms with Crippen molar-refractivity contribution < 1.29 is 32.3 Å². The minimum absolute atomic E-state index is 0.0344. The molecule has 8 nitrogen and oxygen atoms in total. The van der Waals surface area contributed by atoms with Crippen molar-refractivity contribution in [2.75, 3.05) is 17.7 Å². The molecule has 11 heteroatoms. The van der Waals surface area contributed by atoms with Gasteiger partial charge in [0.15, 0.2) is 0 Å². The van der Waals surface area contributed by atoms with Crippen LogP contribution in [0.25, 0.3) is 0 Å². The molecule has 0 bridgehead atoms. The zero-order valence-corrected chi connectivity index (χ0v) is 16.5. The maximum Gasteiger partial charge on any atom is 0.416 e. The van der Waals surface area contributed by atoms with Gasteiger partial charge >= 0.3 is 18.0 Å². The molecule has 2 rings (SSSR count). The number of ether oxygens (including phenoxy) is 1. The van der Waals surface area contributed by atoms with Crippen LogP contribution < -0.4 is 20.8 Å². The number of hydrogen-bond donors (Lipinski definition) is 3. The predicted octanol–water partition coefficient (Wildman–Crippen LogP) is 3.17. The van der Waals surface area contributed by atoms with Gasteiger partial charge in [0, 0.05) is 11.4 Å². The maximum atomic E-state index is 12.7. The minimum Gasteiger partial charge on any atom is -0.495 e. The summed E-state index contributed by atoms with van der Waals surface area (Å²) in [7, 11) is 1.41. The first-order valence-corrected chi connectivity index (χ1v) is 8.84. The monoisotopic (exact) mass is 436 g/mol. The molecule has 2 aromatic rings. The fraction of sp³-hybridized carbons (Fsp3) is 0.200. The van der Waals surface area contributed by atoms with E-state index in [0.717, 1.165) is 12.1 Å². The molecule has 0 heterocycles. The third kappa shape index (κ3) is 7.14. The first kappa shape index (κ1) is 23.4. The summed E-state index contributed by atoms with van der Waals surface area (Å²) in [6.45, 7) is 1.41. The number of methoxy groups -OCH3 is 1. The molecule has 0 atom stereocenters. The molecule has 0 aliphatic heterocycles. The first-order valence-electron chi connectivity index (χ1n) is 8.84. The summed E-state index contributed by atoms with van der Waals surface area (Å²) < 4.78 is 43.2. The van der Waals surface area contributed by atoms with Crippen molar-refractivity contribution in [1.29, 1.82) is 0 Å². The SMILES string of the molecule is COc1ccccc1NC(=O)C(=O)NN=C(C)CC(=O)Nc1cccc(C(F)(F)F)c1. The number of amides is 3. The van der Waals surface area contributed by atoms with Crippen LogP contribution in [0.3, 0.4) is 0 Å². The second kappa shape index (κ2) is 10.2. The second-order valence-corrected chi connectivity index (χ2v) is 6.25. The Kier molecular flexibility index (Phi) is 7.72. The number of hydrogen-bond acceptors (Lipinski definition) is 5. The lowest BCUT2D eigenvalue weighted by atomic mass is 10.2. The quantitative estimate of drug-likeness (QED) is 0.367. The van der Waals surface area contributed by atoms with E-state index >= 15 is 0 Å². The number of anilines is 2. The van der Waals surface area contributed by atoms with Gasteiger partial charge in [-0.2, -0.15) is 18.3 Å². The average Bonchev–Trinajstić information content (AvgIpc) is 2.71. The lowest BCUT2D eigenvalue weighted by Gasteiger charge is -2.10. The summed E-state index contributed by atoms with van der Waals surface area (Å²) in [5.41, 5.74) is 1.48.